The zero-order chi connectivity index (χ0) is 13.9. The van der Waals surface area contributed by atoms with Crippen molar-refractivity contribution in [2.45, 2.75) is 0 Å². The first kappa shape index (κ1) is 12.2. The van der Waals surface area contributed by atoms with Crippen LogP contribution in [0.5, 0.6) is 5.75 Å². The summed E-state index contributed by atoms with van der Waals surface area (Å²) >= 11 is 0. The average molecular weight is 262 g/mol. The van der Waals surface area contributed by atoms with Gasteiger partial charge in [0.15, 0.2) is 0 Å². The Balaban J connectivity index is 1.96. The maximum absolute atomic E-state index is 9.24. The van der Waals surface area contributed by atoms with Gasteiger partial charge in [0.2, 0.25) is 0 Å². The van der Waals surface area contributed by atoms with Crippen LogP contribution >= 0.6 is 0 Å². The quantitative estimate of drug-likeness (QED) is 0.740. The van der Waals surface area contributed by atoms with Crippen molar-refractivity contribution in [2.75, 3.05) is 5.73 Å². The summed E-state index contributed by atoms with van der Waals surface area (Å²) in [5, 5.41) is 10.2. The van der Waals surface area contributed by atoms with E-state index in [1.807, 2.05) is 54.6 Å². The first-order valence-corrected chi connectivity index (χ1v) is 6.35. The highest BCUT2D eigenvalue weighted by molar-refractivity contribution is 5.91. The highest BCUT2D eigenvalue weighted by Gasteiger charge is 2.00. The Hall–Kier alpha value is -2.81. The number of aromatic nitrogens is 1. The van der Waals surface area contributed by atoms with E-state index in [9.17, 15) is 5.11 Å². The van der Waals surface area contributed by atoms with E-state index < -0.39 is 0 Å². The highest BCUT2D eigenvalue weighted by Crippen LogP contribution is 2.21. The summed E-state index contributed by atoms with van der Waals surface area (Å²) in [5.41, 5.74) is 9.46. The van der Waals surface area contributed by atoms with Crippen molar-refractivity contribution in [3.8, 4) is 5.75 Å². The number of para-hydroxylation sites is 1. The predicted octanol–water partition coefficient (Wildman–Crippen LogP) is 3.69. The molecule has 0 aliphatic rings. The van der Waals surface area contributed by atoms with Gasteiger partial charge in [-0.3, -0.25) is 0 Å². The monoisotopic (exact) mass is 262 g/mol. The predicted molar refractivity (Wildman–Crippen MR) is 83.2 cm³/mol. The Labute approximate surface area is 117 Å². The molecule has 3 heteroatoms. The standard InChI is InChI=1S/C17H14N2O/c18-16-11-13(19-17-4-2-1-3-15(16)17)8-5-12-6-9-14(20)10-7-12/h1-11,20H,(H2,18,19). The average Bonchev–Trinajstić information content (AvgIpc) is 2.47. The third-order valence-corrected chi connectivity index (χ3v) is 3.11. The second-order valence-corrected chi connectivity index (χ2v) is 4.58. The molecule has 0 amide bonds. The Morgan fingerprint density at radius 2 is 1.70 bits per heavy atom. The van der Waals surface area contributed by atoms with Gasteiger partial charge in [0.05, 0.1) is 11.2 Å². The van der Waals surface area contributed by atoms with E-state index in [2.05, 4.69) is 4.98 Å². The van der Waals surface area contributed by atoms with Gasteiger partial charge in [0, 0.05) is 11.1 Å². The van der Waals surface area contributed by atoms with Crippen LogP contribution < -0.4 is 5.73 Å². The fourth-order valence-electron chi connectivity index (χ4n) is 2.08. The number of nitrogens with two attached hydrogens (primary N) is 1. The minimum absolute atomic E-state index is 0.259. The Morgan fingerprint density at radius 1 is 0.950 bits per heavy atom. The smallest absolute Gasteiger partial charge is 0.115 e. The largest absolute Gasteiger partial charge is 0.508 e. The van der Waals surface area contributed by atoms with Crippen molar-refractivity contribution >= 4 is 28.7 Å². The molecule has 0 aliphatic heterocycles. The zero-order valence-corrected chi connectivity index (χ0v) is 10.8. The van der Waals surface area contributed by atoms with Crippen LogP contribution in [0.15, 0.2) is 54.6 Å². The number of hydrogen-bond donors (Lipinski definition) is 2. The highest BCUT2D eigenvalue weighted by atomic mass is 16.3. The Morgan fingerprint density at radius 3 is 2.50 bits per heavy atom. The number of rotatable bonds is 2. The number of nitrogens with zero attached hydrogens (tertiary/aromatic N) is 1. The van der Waals surface area contributed by atoms with E-state index in [1.165, 1.54) is 0 Å². The lowest BCUT2D eigenvalue weighted by atomic mass is 10.1. The summed E-state index contributed by atoms with van der Waals surface area (Å²) in [6, 6.07) is 16.7. The second-order valence-electron chi connectivity index (χ2n) is 4.58. The van der Waals surface area contributed by atoms with Gasteiger partial charge in [-0.15, -0.1) is 0 Å². The van der Waals surface area contributed by atoms with Crippen molar-refractivity contribution in [1.82, 2.24) is 4.98 Å². The lowest BCUT2D eigenvalue weighted by molar-refractivity contribution is 0.475. The Bertz CT molecular complexity index is 777. The number of pyridine rings is 1. The molecule has 98 valence electrons. The molecule has 0 saturated carbocycles. The minimum atomic E-state index is 0.259. The Kier molecular flexibility index (Phi) is 3.09. The molecule has 0 bridgehead atoms. The van der Waals surface area contributed by atoms with E-state index in [4.69, 9.17) is 5.73 Å². The van der Waals surface area contributed by atoms with Crippen molar-refractivity contribution in [3.05, 3.63) is 65.9 Å². The molecule has 20 heavy (non-hydrogen) atoms. The number of anilines is 1. The maximum Gasteiger partial charge on any atom is 0.115 e. The summed E-state index contributed by atoms with van der Waals surface area (Å²) in [6.07, 6.45) is 3.85. The third-order valence-electron chi connectivity index (χ3n) is 3.11. The SMILES string of the molecule is Nc1cc(C=Cc2ccc(O)cc2)nc2ccccc12. The van der Waals surface area contributed by atoms with Crippen LogP contribution in [0.25, 0.3) is 23.1 Å². The van der Waals surface area contributed by atoms with E-state index in [0.717, 1.165) is 27.8 Å². The summed E-state index contributed by atoms with van der Waals surface area (Å²) in [6.45, 7) is 0. The first-order valence-electron chi connectivity index (χ1n) is 6.35. The van der Waals surface area contributed by atoms with Crippen LogP contribution in [0, 0.1) is 0 Å². The van der Waals surface area contributed by atoms with Gasteiger partial charge in [-0.1, -0.05) is 36.4 Å². The lowest BCUT2D eigenvalue weighted by Gasteiger charge is -2.03. The summed E-state index contributed by atoms with van der Waals surface area (Å²) in [7, 11) is 0. The van der Waals surface area contributed by atoms with Crippen LogP contribution in [-0.2, 0) is 0 Å². The molecule has 0 atom stereocenters. The molecule has 0 unspecified atom stereocenters. The fourth-order valence-corrected chi connectivity index (χ4v) is 2.08. The van der Waals surface area contributed by atoms with Crippen LogP contribution in [0.4, 0.5) is 5.69 Å². The van der Waals surface area contributed by atoms with Gasteiger partial charge in [-0.25, -0.2) is 4.98 Å². The molecule has 2 aromatic carbocycles. The molecule has 0 spiro atoms. The van der Waals surface area contributed by atoms with Crippen LogP contribution in [0.3, 0.4) is 0 Å². The van der Waals surface area contributed by atoms with Gasteiger partial charge in [0.1, 0.15) is 5.75 Å². The van der Waals surface area contributed by atoms with Crippen molar-refractivity contribution in [3.63, 3.8) is 0 Å². The van der Waals surface area contributed by atoms with Gasteiger partial charge in [-0.05, 0) is 35.9 Å². The topological polar surface area (TPSA) is 59.1 Å². The zero-order valence-electron chi connectivity index (χ0n) is 10.8. The van der Waals surface area contributed by atoms with Gasteiger partial charge < -0.3 is 10.8 Å². The molecular weight excluding hydrogens is 248 g/mol. The van der Waals surface area contributed by atoms with Crippen molar-refractivity contribution < 1.29 is 5.11 Å². The number of nitrogen functional groups attached to an aromatic ring is 1. The number of benzene rings is 2. The number of phenolic OH excluding ortho intramolecular Hbond substituents is 1. The molecule has 1 heterocycles. The number of phenols is 1. The van der Waals surface area contributed by atoms with Gasteiger partial charge >= 0.3 is 0 Å². The molecular formula is C17H14N2O. The molecule has 3 nitrogen and oxygen atoms in total. The summed E-state index contributed by atoms with van der Waals surface area (Å²) < 4.78 is 0. The fraction of sp³-hybridized carbons (Fsp3) is 0. The minimum Gasteiger partial charge on any atom is -0.508 e. The number of hydrogen-bond acceptors (Lipinski definition) is 3. The van der Waals surface area contributed by atoms with Crippen LogP contribution in [-0.4, -0.2) is 10.1 Å². The summed E-state index contributed by atoms with van der Waals surface area (Å²) in [4.78, 5) is 4.55. The molecule has 0 fully saturated rings. The molecule has 0 saturated heterocycles. The van der Waals surface area contributed by atoms with Crippen molar-refractivity contribution in [1.29, 1.82) is 0 Å². The maximum atomic E-state index is 9.24. The molecule has 3 rings (SSSR count). The second kappa shape index (κ2) is 5.05. The first-order chi connectivity index (χ1) is 9.72. The third kappa shape index (κ3) is 2.47. The molecule has 0 radical (unpaired) electrons. The van der Waals surface area contributed by atoms with Crippen LogP contribution in [0.1, 0.15) is 11.3 Å². The lowest BCUT2D eigenvalue weighted by Crippen LogP contribution is -1.91. The van der Waals surface area contributed by atoms with Gasteiger partial charge in [0.25, 0.3) is 0 Å². The van der Waals surface area contributed by atoms with E-state index in [0.29, 0.717) is 0 Å². The number of aromatic hydroxyl groups is 1. The van der Waals surface area contributed by atoms with E-state index in [1.54, 1.807) is 12.1 Å². The number of fused-ring (bicyclic) bond motifs is 1. The molecule has 3 aromatic rings. The van der Waals surface area contributed by atoms with Crippen molar-refractivity contribution in [2.24, 2.45) is 0 Å². The van der Waals surface area contributed by atoms with Gasteiger partial charge in [-0.2, -0.15) is 0 Å². The molecule has 3 N–H and O–H groups in total. The van der Waals surface area contributed by atoms with Crippen LogP contribution in [0.2, 0.25) is 0 Å². The molecule has 0 aliphatic carbocycles. The van der Waals surface area contributed by atoms with E-state index in [-0.39, 0.29) is 5.75 Å². The van der Waals surface area contributed by atoms with E-state index >= 15 is 0 Å². The normalized spacial score (nSPS) is 11.2. The molecule has 1 aromatic heterocycles. The summed E-state index contributed by atoms with van der Waals surface area (Å²) in [5.74, 6) is 0.259.